The lowest BCUT2D eigenvalue weighted by Gasteiger charge is -2.34. The number of nitrogens with one attached hydrogen (secondary N) is 2. The number of benzene rings is 1. The van der Waals surface area contributed by atoms with Crippen LogP contribution in [-0.2, 0) is 4.74 Å². The number of amides is 1. The van der Waals surface area contributed by atoms with Crippen molar-refractivity contribution in [2.75, 3.05) is 19.8 Å². The molecule has 0 spiro atoms. The Morgan fingerprint density at radius 1 is 1.36 bits per heavy atom. The average Bonchev–Trinajstić information content (AvgIpc) is 3.04. The highest BCUT2D eigenvalue weighted by Gasteiger charge is 2.32. The minimum Gasteiger partial charge on any atom is -0.377 e. The number of aromatic amines is 2. The van der Waals surface area contributed by atoms with Crippen molar-refractivity contribution in [3.63, 3.8) is 0 Å². The molecule has 2 aromatic heterocycles. The molecule has 2 N–H and O–H groups in total. The molecular weight excluding hydrogens is 322 g/mol. The fourth-order valence-corrected chi connectivity index (χ4v) is 3.13. The normalized spacial score (nSPS) is 17.8. The molecule has 1 unspecified atom stereocenters. The van der Waals surface area contributed by atoms with Crippen molar-refractivity contribution in [1.82, 2.24) is 25.1 Å². The summed E-state index contributed by atoms with van der Waals surface area (Å²) in [6.45, 7) is 2.86. The summed E-state index contributed by atoms with van der Waals surface area (Å²) in [5, 5.41) is 7.84. The van der Waals surface area contributed by atoms with Gasteiger partial charge in [0.05, 0.1) is 30.5 Å². The number of fused-ring (bicyclic) bond motifs is 1. The van der Waals surface area contributed by atoms with Gasteiger partial charge < -0.3 is 14.6 Å². The number of nitrogens with zero attached hydrogens (tertiary/aromatic N) is 3. The molecule has 3 heterocycles. The Morgan fingerprint density at radius 3 is 3.04 bits per heavy atom. The summed E-state index contributed by atoms with van der Waals surface area (Å²) in [7, 11) is 0. The fraction of sp³-hybridized carbons (Fsp3) is 0.294. The lowest BCUT2D eigenvalue weighted by atomic mass is 10.1. The molecule has 1 atom stereocenters. The van der Waals surface area contributed by atoms with Crippen molar-refractivity contribution in [3.8, 4) is 0 Å². The van der Waals surface area contributed by atoms with Crippen LogP contribution in [0, 0.1) is 6.92 Å². The summed E-state index contributed by atoms with van der Waals surface area (Å²) in [4.78, 5) is 33.5. The first-order chi connectivity index (χ1) is 12.1. The number of hydrogen-bond donors (Lipinski definition) is 2. The monoisotopic (exact) mass is 339 g/mol. The Morgan fingerprint density at radius 2 is 2.20 bits per heavy atom. The smallest absolute Gasteiger partial charge is 0.275 e. The third-order valence-electron chi connectivity index (χ3n) is 4.28. The maximum absolute atomic E-state index is 13.1. The average molecular weight is 339 g/mol. The second-order valence-electron chi connectivity index (χ2n) is 5.96. The van der Waals surface area contributed by atoms with E-state index in [0.717, 1.165) is 10.9 Å². The molecule has 25 heavy (non-hydrogen) atoms. The predicted octanol–water partition coefficient (Wildman–Crippen LogP) is 1.17. The molecule has 3 aromatic rings. The number of para-hydroxylation sites is 1. The van der Waals surface area contributed by atoms with E-state index < -0.39 is 6.04 Å². The van der Waals surface area contributed by atoms with Gasteiger partial charge in [-0.1, -0.05) is 18.2 Å². The van der Waals surface area contributed by atoms with E-state index in [1.165, 1.54) is 6.07 Å². The molecule has 1 amide bonds. The highest BCUT2D eigenvalue weighted by atomic mass is 16.5. The van der Waals surface area contributed by atoms with Gasteiger partial charge in [-0.2, -0.15) is 5.10 Å². The zero-order chi connectivity index (χ0) is 17.4. The number of ether oxygens (including phenoxy) is 1. The predicted molar refractivity (Wildman–Crippen MR) is 90.3 cm³/mol. The third-order valence-corrected chi connectivity index (χ3v) is 4.28. The quantitative estimate of drug-likeness (QED) is 0.729. The van der Waals surface area contributed by atoms with Crippen LogP contribution in [0.2, 0.25) is 0 Å². The van der Waals surface area contributed by atoms with Crippen LogP contribution in [0.5, 0.6) is 0 Å². The van der Waals surface area contributed by atoms with Crippen LogP contribution in [-0.4, -0.2) is 50.7 Å². The maximum Gasteiger partial charge on any atom is 0.275 e. The highest BCUT2D eigenvalue weighted by Crippen LogP contribution is 2.26. The highest BCUT2D eigenvalue weighted by molar-refractivity contribution is 6.04. The van der Waals surface area contributed by atoms with Crippen molar-refractivity contribution in [2.45, 2.75) is 13.0 Å². The number of carbonyl (C=O) groups excluding carboxylic acids is 1. The summed E-state index contributed by atoms with van der Waals surface area (Å²) in [5.41, 5.74) is 1.45. The molecule has 0 bridgehead atoms. The first-order valence-corrected chi connectivity index (χ1v) is 8.03. The van der Waals surface area contributed by atoms with Crippen molar-refractivity contribution < 1.29 is 9.53 Å². The Labute approximate surface area is 142 Å². The van der Waals surface area contributed by atoms with Crippen LogP contribution in [0.3, 0.4) is 0 Å². The molecule has 1 aromatic carbocycles. The number of hydrogen-bond acceptors (Lipinski definition) is 5. The van der Waals surface area contributed by atoms with Gasteiger partial charge in [0.2, 0.25) is 0 Å². The van der Waals surface area contributed by atoms with E-state index in [1.807, 2.05) is 24.3 Å². The van der Waals surface area contributed by atoms with E-state index >= 15 is 0 Å². The van der Waals surface area contributed by atoms with Crippen molar-refractivity contribution in [3.05, 3.63) is 57.9 Å². The van der Waals surface area contributed by atoms with Crippen LogP contribution >= 0.6 is 0 Å². The van der Waals surface area contributed by atoms with Crippen LogP contribution in [0.4, 0.5) is 0 Å². The van der Waals surface area contributed by atoms with E-state index in [0.29, 0.717) is 37.0 Å². The molecule has 128 valence electrons. The van der Waals surface area contributed by atoms with Gasteiger partial charge in [-0.15, -0.1) is 0 Å². The van der Waals surface area contributed by atoms with Gasteiger partial charge in [0.25, 0.3) is 11.5 Å². The largest absolute Gasteiger partial charge is 0.377 e. The standard InChI is InChI=1S/C17H17N5O3/c1-10-18-13(8-15(23)19-10)14-9-25-7-6-22(14)17(24)16-11-4-2-3-5-12(11)20-21-16/h2-5,8,14H,6-7,9H2,1H3,(H,20,21)(H,18,19,23). The van der Waals surface area contributed by atoms with Gasteiger partial charge >= 0.3 is 0 Å². The lowest BCUT2D eigenvalue weighted by Crippen LogP contribution is -2.44. The van der Waals surface area contributed by atoms with Gasteiger partial charge in [-0.3, -0.25) is 14.7 Å². The molecule has 1 saturated heterocycles. The second-order valence-corrected chi connectivity index (χ2v) is 5.96. The van der Waals surface area contributed by atoms with Gasteiger partial charge in [0, 0.05) is 18.0 Å². The first kappa shape index (κ1) is 15.5. The number of morpholine rings is 1. The zero-order valence-electron chi connectivity index (χ0n) is 13.7. The Bertz CT molecular complexity index is 993. The van der Waals surface area contributed by atoms with Crippen molar-refractivity contribution in [1.29, 1.82) is 0 Å². The zero-order valence-corrected chi connectivity index (χ0v) is 13.7. The number of rotatable bonds is 2. The topological polar surface area (TPSA) is 104 Å². The van der Waals surface area contributed by atoms with Crippen molar-refractivity contribution >= 4 is 16.8 Å². The number of aromatic nitrogens is 4. The molecule has 4 rings (SSSR count). The van der Waals surface area contributed by atoms with Gasteiger partial charge in [0.1, 0.15) is 5.82 Å². The van der Waals surface area contributed by atoms with E-state index in [9.17, 15) is 9.59 Å². The van der Waals surface area contributed by atoms with Crippen LogP contribution in [0.1, 0.15) is 28.0 Å². The molecule has 1 aliphatic rings. The van der Waals surface area contributed by atoms with E-state index in [-0.39, 0.29) is 11.5 Å². The number of H-pyrrole nitrogens is 2. The maximum atomic E-state index is 13.1. The molecule has 0 saturated carbocycles. The SMILES string of the molecule is Cc1nc(C2COCCN2C(=O)c2n[nH]c3ccccc23)cc(=O)[nH]1. The van der Waals surface area contributed by atoms with Crippen molar-refractivity contribution in [2.24, 2.45) is 0 Å². The summed E-state index contributed by atoms with van der Waals surface area (Å²) in [6, 6.07) is 8.48. The van der Waals surface area contributed by atoms with Gasteiger partial charge in [-0.25, -0.2) is 4.98 Å². The molecule has 1 aliphatic heterocycles. The summed E-state index contributed by atoms with van der Waals surface area (Å²) in [6.07, 6.45) is 0. The third kappa shape index (κ3) is 2.80. The minimum absolute atomic E-state index is 0.203. The lowest BCUT2D eigenvalue weighted by molar-refractivity contribution is -0.00422. The van der Waals surface area contributed by atoms with Gasteiger partial charge in [0.15, 0.2) is 5.69 Å². The van der Waals surface area contributed by atoms with E-state index in [2.05, 4.69) is 20.2 Å². The fourth-order valence-electron chi connectivity index (χ4n) is 3.13. The summed E-state index contributed by atoms with van der Waals surface area (Å²) < 4.78 is 5.53. The Kier molecular flexibility index (Phi) is 3.81. The van der Waals surface area contributed by atoms with Crippen LogP contribution < -0.4 is 5.56 Å². The molecular formula is C17H17N5O3. The van der Waals surface area contributed by atoms with E-state index in [4.69, 9.17) is 4.74 Å². The number of carbonyl (C=O) groups is 1. The Balaban J connectivity index is 1.73. The van der Waals surface area contributed by atoms with Crippen LogP contribution in [0.15, 0.2) is 35.1 Å². The summed E-state index contributed by atoms with van der Waals surface area (Å²) in [5.74, 6) is 0.302. The first-order valence-electron chi connectivity index (χ1n) is 8.03. The summed E-state index contributed by atoms with van der Waals surface area (Å²) >= 11 is 0. The Hall–Kier alpha value is -3.00. The molecule has 8 nitrogen and oxygen atoms in total. The molecule has 0 radical (unpaired) electrons. The molecule has 1 fully saturated rings. The van der Waals surface area contributed by atoms with Crippen LogP contribution in [0.25, 0.3) is 10.9 Å². The minimum atomic E-state index is -0.419. The molecule has 0 aliphatic carbocycles. The molecule has 8 heteroatoms. The van der Waals surface area contributed by atoms with Gasteiger partial charge in [-0.05, 0) is 13.0 Å². The second kappa shape index (κ2) is 6.14. The van der Waals surface area contributed by atoms with E-state index in [1.54, 1.807) is 11.8 Å². The number of aryl methyl sites for hydroxylation is 1.